The zero-order valence-corrected chi connectivity index (χ0v) is 18.9. The monoisotopic (exact) mass is 454 g/mol. The van der Waals surface area contributed by atoms with E-state index in [1.165, 1.54) is 12.8 Å². The van der Waals surface area contributed by atoms with Gasteiger partial charge in [-0.2, -0.15) is 0 Å². The minimum absolute atomic E-state index is 0.102. The van der Waals surface area contributed by atoms with Crippen molar-refractivity contribution in [2.24, 2.45) is 5.92 Å². The lowest BCUT2D eigenvalue weighted by Gasteiger charge is -2.20. The molecule has 3 heterocycles. The molecule has 0 radical (unpaired) electrons. The van der Waals surface area contributed by atoms with Gasteiger partial charge in [0, 0.05) is 42.3 Å². The standard InChI is InChI=1S/C23H25ClN5O3/c1-30-16-8-17(20(24)19(9-16)31-2)18-7-14-11-26-23(27-15-5-6-32-12-15)29-21(14)22(28-18)25-10-13-3-4-13/h7-9,11,13,15H,3-6,10,12H2,1-2H3,(H-,25,26,27,28,29)/q-1. The fourth-order valence-corrected chi connectivity index (χ4v) is 4.01. The number of pyridine rings is 1. The maximum absolute atomic E-state index is 6.63. The Bertz CT molecular complexity index is 1130. The SMILES string of the molecule is COc1cc(OC)c(Cl)c(-c2cc3cnc([N-]C4CCOC4)nc3c(NCC3CC3)n2)c1. The minimum atomic E-state index is 0.102. The van der Waals surface area contributed by atoms with Crippen LogP contribution < -0.4 is 14.8 Å². The summed E-state index contributed by atoms with van der Waals surface area (Å²) < 4.78 is 16.3. The molecule has 2 fully saturated rings. The molecule has 0 bridgehead atoms. The van der Waals surface area contributed by atoms with Crippen molar-refractivity contribution in [1.82, 2.24) is 15.0 Å². The predicted molar refractivity (Wildman–Crippen MR) is 124 cm³/mol. The highest BCUT2D eigenvalue weighted by Crippen LogP contribution is 2.40. The quantitative estimate of drug-likeness (QED) is 0.513. The van der Waals surface area contributed by atoms with E-state index in [4.69, 9.17) is 35.8 Å². The van der Waals surface area contributed by atoms with Crippen LogP contribution in [0.25, 0.3) is 27.5 Å². The van der Waals surface area contributed by atoms with Crippen molar-refractivity contribution in [2.45, 2.75) is 25.3 Å². The lowest BCUT2D eigenvalue weighted by molar-refractivity contribution is 0.196. The molecule has 1 unspecified atom stereocenters. The number of methoxy groups -OCH3 is 2. The highest BCUT2D eigenvalue weighted by molar-refractivity contribution is 6.34. The summed E-state index contributed by atoms with van der Waals surface area (Å²) in [6.07, 6.45) is 5.15. The Morgan fingerprint density at radius 3 is 2.75 bits per heavy atom. The topological polar surface area (TPSA) is 92.5 Å². The van der Waals surface area contributed by atoms with Gasteiger partial charge >= 0.3 is 0 Å². The summed E-state index contributed by atoms with van der Waals surface area (Å²) in [4.78, 5) is 14.1. The first kappa shape index (κ1) is 21.0. The van der Waals surface area contributed by atoms with Crippen molar-refractivity contribution in [1.29, 1.82) is 0 Å². The molecule has 1 saturated heterocycles. The molecule has 1 saturated carbocycles. The maximum atomic E-state index is 6.63. The molecule has 5 rings (SSSR count). The number of aromatic nitrogens is 3. The molecule has 1 atom stereocenters. The fourth-order valence-electron chi connectivity index (χ4n) is 3.73. The van der Waals surface area contributed by atoms with Crippen molar-refractivity contribution < 1.29 is 14.2 Å². The smallest absolute Gasteiger partial charge is 0.141 e. The molecule has 1 aliphatic heterocycles. The van der Waals surface area contributed by atoms with Gasteiger partial charge in [0.05, 0.1) is 31.5 Å². The van der Waals surface area contributed by atoms with Gasteiger partial charge in [0.25, 0.3) is 0 Å². The number of rotatable bonds is 8. The lowest BCUT2D eigenvalue weighted by Crippen LogP contribution is -2.08. The highest BCUT2D eigenvalue weighted by Gasteiger charge is 2.22. The number of benzene rings is 1. The summed E-state index contributed by atoms with van der Waals surface area (Å²) in [5, 5.41) is 9.45. The molecule has 0 amide bonds. The first-order valence-corrected chi connectivity index (χ1v) is 11.1. The van der Waals surface area contributed by atoms with Crippen LogP contribution in [0.4, 0.5) is 11.8 Å². The van der Waals surface area contributed by atoms with Gasteiger partial charge in [-0.05, 0) is 48.9 Å². The Kier molecular flexibility index (Phi) is 5.89. The Morgan fingerprint density at radius 1 is 1.16 bits per heavy atom. The Hall–Kier alpha value is -2.84. The van der Waals surface area contributed by atoms with Crippen molar-refractivity contribution in [2.75, 3.05) is 39.3 Å². The molecule has 32 heavy (non-hydrogen) atoms. The number of nitrogens with zero attached hydrogens (tertiary/aromatic N) is 4. The van der Waals surface area contributed by atoms with Crippen LogP contribution in [0, 0.1) is 5.92 Å². The summed E-state index contributed by atoms with van der Waals surface area (Å²) in [6, 6.07) is 5.64. The van der Waals surface area contributed by atoms with E-state index in [0.717, 1.165) is 36.0 Å². The highest BCUT2D eigenvalue weighted by atomic mass is 35.5. The maximum Gasteiger partial charge on any atom is 0.141 e. The van der Waals surface area contributed by atoms with Gasteiger partial charge < -0.3 is 34.8 Å². The third kappa shape index (κ3) is 4.38. The number of hydrogen-bond acceptors (Lipinski definition) is 7. The fraction of sp³-hybridized carbons (Fsp3) is 0.435. The number of hydrogen-bond donors (Lipinski definition) is 1. The molecule has 8 nitrogen and oxygen atoms in total. The summed E-state index contributed by atoms with van der Waals surface area (Å²) in [6.45, 7) is 2.20. The van der Waals surface area contributed by atoms with Gasteiger partial charge in [0.15, 0.2) is 0 Å². The average Bonchev–Trinajstić information content (AvgIpc) is 3.51. The van der Waals surface area contributed by atoms with E-state index in [2.05, 4.69) is 15.6 Å². The average molecular weight is 455 g/mol. The Labute approximate surface area is 191 Å². The number of fused-ring (bicyclic) bond motifs is 1. The first-order valence-electron chi connectivity index (χ1n) is 10.8. The Balaban J connectivity index is 1.58. The summed E-state index contributed by atoms with van der Waals surface area (Å²) in [7, 11) is 3.19. The minimum Gasteiger partial charge on any atom is -0.497 e. The van der Waals surface area contributed by atoms with Crippen LogP contribution in [-0.4, -0.2) is 55.0 Å². The lowest BCUT2D eigenvalue weighted by atomic mass is 10.1. The van der Waals surface area contributed by atoms with E-state index >= 15 is 0 Å². The molecular weight excluding hydrogens is 430 g/mol. The van der Waals surface area contributed by atoms with E-state index < -0.39 is 0 Å². The molecule has 1 N–H and O–H groups in total. The van der Waals surface area contributed by atoms with E-state index in [0.29, 0.717) is 46.5 Å². The number of ether oxygens (including phenoxy) is 3. The van der Waals surface area contributed by atoms with E-state index in [1.54, 1.807) is 26.5 Å². The van der Waals surface area contributed by atoms with Gasteiger partial charge in [0.1, 0.15) is 17.3 Å². The third-order valence-electron chi connectivity index (χ3n) is 5.76. The normalized spacial score (nSPS) is 18.0. The second-order valence-electron chi connectivity index (χ2n) is 8.13. The van der Waals surface area contributed by atoms with Crippen molar-refractivity contribution in [3.05, 3.63) is 34.7 Å². The van der Waals surface area contributed by atoms with Crippen LogP contribution >= 0.6 is 11.6 Å². The van der Waals surface area contributed by atoms with Crippen LogP contribution in [-0.2, 0) is 4.74 Å². The summed E-state index contributed by atoms with van der Waals surface area (Å²) in [5.74, 6) is 3.00. The largest absolute Gasteiger partial charge is 0.497 e. The molecule has 168 valence electrons. The number of nitrogens with one attached hydrogen (secondary N) is 1. The summed E-state index contributed by atoms with van der Waals surface area (Å²) >= 11 is 6.63. The van der Waals surface area contributed by atoms with Gasteiger partial charge in [-0.15, -0.1) is 0 Å². The molecule has 0 spiro atoms. The van der Waals surface area contributed by atoms with Crippen molar-refractivity contribution in [3.8, 4) is 22.8 Å². The van der Waals surface area contributed by atoms with E-state index in [9.17, 15) is 0 Å². The first-order chi connectivity index (χ1) is 15.6. The molecular formula is C23H25ClN5O3-. The van der Waals surface area contributed by atoms with Gasteiger partial charge in [-0.1, -0.05) is 11.6 Å². The van der Waals surface area contributed by atoms with Crippen LogP contribution in [0.2, 0.25) is 5.02 Å². The Morgan fingerprint density at radius 2 is 2.03 bits per heavy atom. The van der Waals surface area contributed by atoms with Crippen molar-refractivity contribution in [3.63, 3.8) is 0 Å². The van der Waals surface area contributed by atoms with Gasteiger partial charge in [-0.25, -0.2) is 4.98 Å². The van der Waals surface area contributed by atoms with Crippen LogP contribution in [0.15, 0.2) is 24.4 Å². The van der Waals surface area contributed by atoms with Crippen LogP contribution in [0.1, 0.15) is 19.3 Å². The predicted octanol–water partition coefficient (Wildman–Crippen LogP) is 4.98. The second kappa shape index (κ2) is 8.96. The molecule has 1 aliphatic carbocycles. The molecule has 9 heteroatoms. The number of anilines is 1. The van der Waals surface area contributed by atoms with Crippen LogP contribution in [0.5, 0.6) is 11.5 Å². The zero-order valence-electron chi connectivity index (χ0n) is 18.1. The third-order valence-corrected chi connectivity index (χ3v) is 6.15. The van der Waals surface area contributed by atoms with E-state index in [-0.39, 0.29) is 6.04 Å². The molecule has 2 aromatic heterocycles. The second-order valence-corrected chi connectivity index (χ2v) is 8.50. The molecule has 2 aliphatic rings. The van der Waals surface area contributed by atoms with Gasteiger partial charge in [-0.3, -0.25) is 0 Å². The molecule has 3 aromatic rings. The van der Waals surface area contributed by atoms with Crippen LogP contribution in [0.3, 0.4) is 0 Å². The number of halogens is 1. The zero-order chi connectivity index (χ0) is 22.1. The van der Waals surface area contributed by atoms with E-state index in [1.807, 2.05) is 12.1 Å². The summed E-state index contributed by atoms with van der Waals surface area (Å²) in [5.41, 5.74) is 2.15. The van der Waals surface area contributed by atoms with Gasteiger partial charge in [0.2, 0.25) is 0 Å². The van der Waals surface area contributed by atoms with Crippen molar-refractivity contribution >= 4 is 34.3 Å². The molecule has 1 aromatic carbocycles.